The van der Waals surface area contributed by atoms with Crippen molar-refractivity contribution in [1.29, 1.82) is 0 Å². The van der Waals surface area contributed by atoms with Gasteiger partial charge in [-0.1, -0.05) is 29.3 Å². The molecular formula is C14H15Cl2N3S. The molecule has 0 saturated heterocycles. The van der Waals surface area contributed by atoms with Crippen molar-refractivity contribution < 1.29 is 0 Å². The predicted octanol–water partition coefficient (Wildman–Crippen LogP) is 4.28. The second-order valence-electron chi connectivity index (χ2n) is 4.81. The quantitative estimate of drug-likeness (QED) is 0.847. The molecule has 1 aliphatic heterocycles. The summed E-state index contributed by atoms with van der Waals surface area (Å²) in [6.07, 6.45) is 0. The molecule has 2 aromatic rings. The highest BCUT2D eigenvalue weighted by Crippen LogP contribution is 2.45. The number of anilines is 1. The van der Waals surface area contributed by atoms with Crippen LogP contribution >= 0.6 is 35.0 Å². The fourth-order valence-electron chi connectivity index (χ4n) is 2.59. The van der Waals surface area contributed by atoms with Crippen LogP contribution in [0.3, 0.4) is 0 Å². The highest BCUT2D eigenvalue weighted by Gasteiger charge is 2.28. The Morgan fingerprint density at radius 3 is 2.95 bits per heavy atom. The van der Waals surface area contributed by atoms with E-state index in [0.717, 1.165) is 29.4 Å². The largest absolute Gasteiger partial charge is 0.369 e. The molecule has 0 radical (unpaired) electrons. The number of halogens is 2. The van der Waals surface area contributed by atoms with Crippen molar-refractivity contribution in [2.24, 2.45) is 7.05 Å². The van der Waals surface area contributed by atoms with Gasteiger partial charge in [0.15, 0.2) is 0 Å². The molecule has 0 fully saturated rings. The Hall–Kier alpha value is -0.840. The van der Waals surface area contributed by atoms with Gasteiger partial charge in [-0.25, -0.2) is 0 Å². The molecule has 3 nitrogen and oxygen atoms in total. The zero-order valence-electron chi connectivity index (χ0n) is 11.3. The SMILES string of the molecule is Cc1nn(C)c2c1C(c1ccc(Cl)cc1Cl)SCCN2. The lowest BCUT2D eigenvalue weighted by atomic mass is 10.0. The Morgan fingerprint density at radius 2 is 2.20 bits per heavy atom. The Labute approximate surface area is 132 Å². The number of rotatable bonds is 1. The Morgan fingerprint density at radius 1 is 1.40 bits per heavy atom. The van der Waals surface area contributed by atoms with Crippen molar-refractivity contribution >= 4 is 40.8 Å². The van der Waals surface area contributed by atoms with E-state index in [-0.39, 0.29) is 5.25 Å². The van der Waals surface area contributed by atoms with Crippen LogP contribution in [0.4, 0.5) is 5.82 Å². The fourth-order valence-corrected chi connectivity index (χ4v) is 4.46. The van der Waals surface area contributed by atoms with Crippen molar-refractivity contribution in [2.45, 2.75) is 12.2 Å². The minimum Gasteiger partial charge on any atom is -0.369 e. The lowest BCUT2D eigenvalue weighted by molar-refractivity contribution is 0.760. The second kappa shape index (κ2) is 5.51. The van der Waals surface area contributed by atoms with Crippen LogP contribution in [0.2, 0.25) is 10.0 Å². The molecule has 0 spiro atoms. The maximum absolute atomic E-state index is 6.40. The molecule has 20 heavy (non-hydrogen) atoms. The molecule has 1 atom stereocenters. The average molecular weight is 328 g/mol. The standard InChI is InChI=1S/C14H15Cl2N3S/c1-8-12-13(10-4-3-9(15)7-11(10)16)20-6-5-17-14(12)19(2)18-8/h3-4,7,13,17H,5-6H2,1-2H3. The summed E-state index contributed by atoms with van der Waals surface area (Å²) in [5.74, 6) is 2.11. The van der Waals surface area contributed by atoms with Gasteiger partial charge in [-0.3, -0.25) is 4.68 Å². The Bertz CT molecular complexity index is 654. The number of thioether (sulfide) groups is 1. The van der Waals surface area contributed by atoms with Gasteiger partial charge in [-0.15, -0.1) is 11.8 Å². The Kier molecular flexibility index (Phi) is 3.89. The molecule has 1 unspecified atom stereocenters. The molecular weight excluding hydrogens is 313 g/mol. The number of hydrogen-bond acceptors (Lipinski definition) is 3. The normalized spacial score (nSPS) is 18.3. The molecule has 0 aliphatic carbocycles. The number of hydrogen-bond donors (Lipinski definition) is 1. The maximum atomic E-state index is 6.40. The van der Waals surface area contributed by atoms with Crippen molar-refractivity contribution in [1.82, 2.24) is 9.78 Å². The van der Waals surface area contributed by atoms with E-state index in [2.05, 4.69) is 10.4 Å². The molecule has 0 bridgehead atoms. The summed E-state index contributed by atoms with van der Waals surface area (Å²) in [7, 11) is 1.97. The van der Waals surface area contributed by atoms with Crippen LogP contribution in [0.15, 0.2) is 18.2 Å². The molecule has 0 amide bonds. The summed E-state index contributed by atoms with van der Waals surface area (Å²) in [5.41, 5.74) is 3.36. The molecule has 2 heterocycles. The van der Waals surface area contributed by atoms with E-state index in [1.165, 1.54) is 5.56 Å². The summed E-state index contributed by atoms with van der Waals surface area (Å²) in [5, 5.41) is 9.56. The third-order valence-electron chi connectivity index (χ3n) is 3.45. The molecule has 1 aromatic carbocycles. The first-order valence-corrected chi connectivity index (χ1v) is 8.22. The molecule has 6 heteroatoms. The number of nitrogens with one attached hydrogen (secondary N) is 1. The van der Waals surface area contributed by atoms with Gasteiger partial charge in [0, 0.05) is 35.0 Å². The zero-order valence-corrected chi connectivity index (χ0v) is 13.6. The fraction of sp³-hybridized carbons (Fsp3) is 0.357. The first-order valence-electron chi connectivity index (χ1n) is 6.42. The van der Waals surface area contributed by atoms with Gasteiger partial charge in [0.05, 0.1) is 10.9 Å². The van der Waals surface area contributed by atoms with Gasteiger partial charge in [0.25, 0.3) is 0 Å². The van der Waals surface area contributed by atoms with Crippen LogP contribution in [-0.4, -0.2) is 22.1 Å². The third kappa shape index (κ3) is 2.41. The average Bonchev–Trinajstić information content (AvgIpc) is 2.58. The van der Waals surface area contributed by atoms with Crippen LogP contribution in [0.25, 0.3) is 0 Å². The summed E-state index contributed by atoms with van der Waals surface area (Å²) >= 11 is 14.3. The lowest BCUT2D eigenvalue weighted by Crippen LogP contribution is -2.06. The van der Waals surface area contributed by atoms with E-state index in [1.807, 2.05) is 48.6 Å². The van der Waals surface area contributed by atoms with Crippen LogP contribution in [0.1, 0.15) is 22.1 Å². The number of benzene rings is 1. The van der Waals surface area contributed by atoms with Crippen molar-refractivity contribution in [2.75, 3.05) is 17.6 Å². The summed E-state index contributed by atoms with van der Waals surface area (Å²) in [4.78, 5) is 0. The number of aryl methyl sites for hydroxylation is 2. The first kappa shape index (κ1) is 14.1. The minimum atomic E-state index is 0.193. The minimum absolute atomic E-state index is 0.193. The van der Waals surface area contributed by atoms with Crippen LogP contribution in [-0.2, 0) is 7.05 Å². The van der Waals surface area contributed by atoms with Crippen molar-refractivity contribution in [3.05, 3.63) is 45.1 Å². The molecule has 106 valence electrons. The molecule has 0 saturated carbocycles. The van der Waals surface area contributed by atoms with Gasteiger partial charge in [-0.05, 0) is 24.6 Å². The summed E-state index contributed by atoms with van der Waals surface area (Å²) < 4.78 is 1.91. The molecule has 3 rings (SSSR count). The van der Waals surface area contributed by atoms with Gasteiger partial charge in [-0.2, -0.15) is 5.10 Å². The lowest BCUT2D eigenvalue weighted by Gasteiger charge is -2.17. The number of nitrogens with zero attached hydrogens (tertiary/aromatic N) is 2. The monoisotopic (exact) mass is 327 g/mol. The number of fused-ring (bicyclic) bond motifs is 1. The van der Waals surface area contributed by atoms with E-state index >= 15 is 0 Å². The van der Waals surface area contributed by atoms with Crippen LogP contribution < -0.4 is 5.32 Å². The summed E-state index contributed by atoms with van der Waals surface area (Å²) in [6, 6.07) is 5.72. The van der Waals surface area contributed by atoms with E-state index in [9.17, 15) is 0 Å². The maximum Gasteiger partial charge on any atom is 0.128 e. The van der Waals surface area contributed by atoms with Gasteiger partial charge in [0.2, 0.25) is 0 Å². The zero-order chi connectivity index (χ0) is 14.3. The smallest absolute Gasteiger partial charge is 0.128 e. The van der Waals surface area contributed by atoms with E-state index < -0.39 is 0 Å². The van der Waals surface area contributed by atoms with Crippen molar-refractivity contribution in [3.63, 3.8) is 0 Å². The predicted molar refractivity (Wildman–Crippen MR) is 87.2 cm³/mol. The van der Waals surface area contributed by atoms with Crippen LogP contribution in [0.5, 0.6) is 0 Å². The highest BCUT2D eigenvalue weighted by molar-refractivity contribution is 7.99. The van der Waals surface area contributed by atoms with E-state index in [1.54, 1.807) is 0 Å². The Balaban J connectivity index is 2.14. The highest BCUT2D eigenvalue weighted by atomic mass is 35.5. The summed E-state index contributed by atoms with van der Waals surface area (Å²) in [6.45, 7) is 2.97. The van der Waals surface area contributed by atoms with Gasteiger partial charge in [0.1, 0.15) is 5.82 Å². The van der Waals surface area contributed by atoms with E-state index in [4.69, 9.17) is 23.2 Å². The van der Waals surface area contributed by atoms with Gasteiger partial charge >= 0.3 is 0 Å². The van der Waals surface area contributed by atoms with Crippen molar-refractivity contribution in [3.8, 4) is 0 Å². The first-order chi connectivity index (χ1) is 9.58. The topological polar surface area (TPSA) is 29.9 Å². The molecule has 1 aromatic heterocycles. The number of aromatic nitrogens is 2. The molecule has 1 N–H and O–H groups in total. The second-order valence-corrected chi connectivity index (χ2v) is 6.87. The van der Waals surface area contributed by atoms with Crippen LogP contribution in [0, 0.1) is 6.92 Å². The van der Waals surface area contributed by atoms with Gasteiger partial charge < -0.3 is 5.32 Å². The third-order valence-corrected chi connectivity index (χ3v) is 5.28. The molecule has 1 aliphatic rings. The van der Waals surface area contributed by atoms with E-state index in [0.29, 0.717) is 10.0 Å².